The molecule has 24 aromatic rings. The molecule has 0 aliphatic rings. The summed E-state index contributed by atoms with van der Waals surface area (Å²) in [4.78, 5) is 0. The molecular weight excluding hydrogens is 1510 g/mol. The second-order valence-electron chi connectivity index (χ2n) is 31.0. The van der Waals surface area contributed by atoms with Crippen LogP contribution in [0.15, 0.2) is 414 Å². The molecule has 6 aromatic heterocycles. The smallest absolute Gasteiger partial charge is 0.143 e. The van der Waals surface area contributed by atoms with Gasteiger partial charge in [0.15, 0.2) is 0 Å². The average molecular weight is 1600 g/mol. The number of thiophene rings is 3. The fourth-order valence-electron chi connectivity index (χ4n) is 16.1. The number of para-hydroxylation sites is 4. The molecule has 3 nitrogen and oxygen atoms in total. The molecule has 0 unspecified atom stereocenters. The quantitative estimate of drug-likeness (QED) is 0.167. The van der Waals surface area contributed by atoms with Gasteiger partial charge in [0, 0.05) is 98.4 Å². The standard InChI is InChI=1S/3C19H14O.3C19H14S/c1-13-9-11-14(12-10-13)15-6-4-7-17-16-5-2-3-8-18(16)20-19(15)17;1-13-6-8-14(9-7-13)15-10-11-19-17(12-15)16-4-2-3-5-18(16)20-19;1-13-6-8-14(9-7-13)15-10-11-17-16-4-2-3-5-18(16)20-19(17)12-15;1-13-9-11-14(12-10-13)15-6-4-7-17-16-5-2-3-8-18(16)20-19(15)17;1-13-9-11-14(12-10-13)15-6-4-8-18-19(15)16-5-2-3-7-17(16)20-18;1-13-6-8-14(9-7-13)15-10-11-17-16-4-2-3-5-18(16)20-19(17)12-15/h6*2-12H,1H3. The van der Waals surface area contributed by atoms with Gasteiger partial charge in [-0.1, -0.05) is 361 Å². The van der Waals surface area contributed by atoms with Gasteiger partial charge in [-0.3, -0.25) is 0 Å². The first-order valence-corrected chi connectivity index (χ1v) is 43.2. The zero-order chi connectivity index (χ0) is 81.2. The molecule has 0 aliphatic heterocycles. The third-order valence-corrected chi connectivity index (χ3v) is 26.1. The van der Waals surface area contributed by atoms with Crippen molar-refractivity contribution in [2.24, 2.45) is 0 Å². The molecule has 0 bridgehead atoms. The van der Waals surface area contributed by atoms with Crippen LogP contribution < -0.4 is 0 Å². The highest BCUT2D eigenvalue weighted by Crippen LogP contribution is 2.44. The van der Waals surface area contributed by atoms with E-state index < -0.39 is 0 Å². The fraction of sp³-hybridized carbons (Fsp3) is 0.0526. The Labute approximate surface area is 710 Å². The lowest BCUT2D eigenvalue weighted by atomic mass is 9.99. The summed E-state index contributed by atoms with van der Waals surface area (Å²) >= 11 is 5.63. The fourth-order valence-corrected chi connectivity index (χ4v) is 19.6. The van der Waals surface area contributed by atoms with Gasteiger partial charge in [-0.2, -0.15) is 0 Å². The molecule has 6 heterocycles. The Balaban J connectivity index is 0.0000000952. The predicted molar refractivity (Wildman–Crippen MR) is 520 cm³/mol. The molecule has 6 heteroatoms. The molecule has 0 N–H and O–H groups in total. The van der Waals surface area contributed by atoms with Crippen LogP contribution in [0.5, 0.6) is 0 Å². The van der Waals surface area contributed by atoms with Crippen LogP contribution in [0.1, 0.15) is 33.4 Å². The number of benzene rings is 18. The van der Waals surface area contributed by atoms with Crippen LogP contribution in [0, 0.1) is 41.5 Å². The summed E-state index contributed by atoms with van der Waals surface area (Å²) in [5.41, 5.74) is 28.5. The van der Waals surface area contributed by atoms with E-state index in [-0.39, 0.29) is 0 Å². The molecule has 0 atom stereocenters. The van der Waals surface area contributed by atoms with Crippen molar-refractivity contribution in [1.29, 1.82) is 0 Å². The minimum atomic E-state index is 0.946. The Kier molecular flexibility index (Phi) is 21.3. The van der Waals surface area contributed by atoms with E-state index in [0.29, 0.717) is 0 Å². The molecule has 0 aliphatic carbocycles. The van der Waals surface area contributed by atoms with Crippen LogP contribution in [-0.4, -0.2) is 0 Å². The van der Waals surface area contributed by atoms with Gasteiger partial charge in [0.05, 0.1) is 0 Å². The summed E-state index contributed by atoms with van der Waals surface area (Å²) in [6.45, 7) is 12.7. The predicted octanol–water partition coefficient (Wildman–Crippen LogP) is 34.8. The van der Waals surface area contributed by atoms with Gasteiger partial charge >= 0.3 is 0 Å². The van der Waals surface area contributed by atoms with Gasteiger partial charge < -0.3 is 13.3 Å². The summed E-state index contributed by atoms with van der Waals surface area (Å²) in [6.07, 6.45) is 0. The summed E-state index contributed by atoms with van der Waals surface area (Å²) in [5, 5.41) is 15.3. The highest BCUT2D eigenvalue weighted by molar-refractivity contribution is 7.27. The maximum absolute atomic E-state index is 6.07. The van der Waals surface area contributed by atoms with E-state index in [0.717, 1.165) is 39.1 Å². The first-order valence-electron chi connectivity index (χ1n) is 40.8. The molecule has 576 valence electrons. The van der Waals surface area contributed by atoms with Crippen LogP contribution in [0.4, 0.5) is 0 Å². The van der Waals surface area contributed by atoms with Gasteiger partial charge in [0.25, 0.3) is 0 Å². The molecule has 24 rings (SSSR count). The van der Waals surface area contributed by atoms with E-state index in [1.807, 2.05) is 76.5 Å². The van der Waals surface area contributed by atoms with Crippen molar-refractivity contribution in [2.45, 2.75) is 41.5 Å². The minimum Gasteiger partial charge on any atom is -0.456 e. The van der Waals surface area contributed by atoms with Crippen LogP contribution in [0.25, 0.3) is 193 Å². The zero-order valence-corrected chi connectivity index (χ0v) is 70.0. The minimum absolute atomic E-state index is 0.946. The molecule has 0 saturated carbocycles. The molecular formula is C114H84O3S3. The number of furan rings is 3. The molecule has 0 saturated heterocycles. The van der Waals surface area contributed by atoms with Crippen molar-refractivity contribution in [3.63, 3.8) is 0 Å². The number of hydrogen-bond acceptors (Lipinski definition) is 6. The van der Waals surface area contributed by atoms with Crippen molar-refractivity contribution in [1.82, 2.24) is 0 Å². The lowest BCUT2D eigenvalue weighted by Gasteiger charge is -2.05. The SMILES string of the molecule is Cc1ccc(-c2ccc3c(c2)oc2ccccc23)cc1.Cc1ccc(-c2ccc3c(c2)sc2ccccc23)cc1.Cc1ccc(-c2ccc3oc4ccccc4c3c2)cc1.Cc1ccc(-c2cccc3c2oc2ccccc23)cc1.Cc1ccc(-c2cccc3c2sc2ccccc23)cc1.Cc1ccc(-c2cccc3sc4ccccc4c23)cc1. The summed E-state index contributed by atoms with van der Waals surface area (Å²) < 4.78 is 26.1. The Hall–Kier alpha value is -14.0. The molecule has 0 fully saturated rings. The Morgan fingerprint density at radius 3 is 1.04 bits per heavy atom. The van der Waals surface area contributed by atoms with Gasteiger partial charge in [-0.05, 0) is 176 Å². The van der Waals surface area contributed by atoms with Crippen molar-refractivity contribution in [3.8, 4) is 66.8 Å². The number of rotatable bonds is 6. The van der Waals surface area contributed by atoms with E-state index in [4.69, 9.17) is 13.3 Å². The maximum atomic E-state index is 6.07. The summed E-state index contributed by atoms with van der Waals surface area (Å²) in [5.74, 6) is 0. The lowest BCUT2D eigenvalue weighted by molar-refractivity contribution is 0.668. The van der Waals surface area contributed by atoms with Gasteiger partial charge in [0.1, 0.15) is 33.5 Å². The lowest BCUT2D eigenvalue weighted by Crippen LogP contribution is -1.80. The Bertz CT molecular complexity index is 7460. The monoisotopic (exact) mass is 1600 g/mol. The van der Waals surface area contributed by atoms with Gasteiger partial charge in [0.2, 0.25) is 0 Å². The number of aryl methyl sites for hydroxylation is 6. The topological polar surface area (TPSA) is 39.4 Å². The molecule has 0 spiro atoms. The zero-order valence-electron chi connectivity index (χ0n) is 67.6. The van der Waals surface area contributed by atoms with Crippen molar-refractivity contribution >= 4 is 160 Å². The Morgan fingerprint density at radius 2 is 0.483 bits per heavy atom. The van der Waals surface area contributed by atoms with E-state index in [2.05, 4.69) is 399 Å². The van der Waals surface area contributed by atoms with Gasteiger partial charge in [-0.25, -0.2) is 0 Å². The number of hydrogen-bond donors (Lipinski definition) is 0. The molecule has 0 radical (unpaired) electrons. The highest BCUT2D eigenvalue weighted by atomic mass is 32.1. The summed E-state index contributed by atoms with van der Waals surface area (Å²) in [6, 6.07) is 142. The van der Waals surface area contributed by atoms with Crippen molar-refractivity contribution in [3.05, 3.63) is 434 Å². The summed E-state index contributed by atoms with van der Waals surface area (Å²) in [7, 11) is 0. The highest BCUT2D eigenvalue weighted by Gasteiger charge is 2.16. The molecule has 120 heavy (non-hydrogen) atoms. The third kappa shape index (κ3) is 15.7. The van der Waals surface area contributed by atoms with E-state index >= 15 is 0 Å². The van der Waals surface area contributed by atoms with Crippen molar-refractivity contribution < 1.29 is 13.3 Å². The second-order valence-corrected chi connectivity index (χ2v) is 34.2. The molecule has 18 aromatic carbocycles. The number of fused-ring (bicyclic) bond motifs is 18. The molecule has 0 amide bonds. The van der Waals surface area contributed by atoms with E-state index in [1.165, 1.54) is 187 Å². The van der Waals surface area contributed by atoms with Gasteiger partial charge in [-0.15, -0.1) is 34.0 Å². The van der Waals surface area contributed by atoms with Crippen LogP contribution in [-0.2, 0) is 0 Å². The van der Waals surface area contributed by atoms with Crippen LogP contribution in [0.2, 0.25) is 0 Å². The normalized spacial score (nSPS) is 11.2. The first-order chi connectivity index (χ1) is 58.9. The second kappa shape index (κ2) is 33.6. The van der Waals surface area contributed by atoms with Crippen molar-refractivity contribution in [2.75, 3.05) is 0 Å². The van der Waals surface area contributed by atoms with E-state index in [9.17, 15) is 0 Å². The van der Waals surface area contributed by atoms with Crippen LogP contribution >= 0.6 is 34.0 Å². The maximum Gasteiger partial charge on any atom is 0.143 e. The average Bonchev–Trinajstić information content (AvgIpc) is 1.63. The first kappa shape index (κ1) is 76.0. The third-order valence-electron chi connectivity index (χ3n) is 22.6. The van der Waals surface area contributed by atoms with Crippen LogP contribution in [0.3, 0.4) is 0 Å². The largest absolute Gasteiger partial charge is 0.456 e. The van der Waals surface area contributed by atoms with E-state index in [1.54, 1.807) is 0 Å². The Morgan fingerprint density at radius 1 is 0.167 bits per heavy atom.